The van der Waals surface area contributed by atoms with Gasteiger partial charge < -0.3 is 11.1 Å². The van der Waals surface area contributed by atoms with E-state index >= 15 is 0 Å². The zero-order chi connectivity index (χ0) is 10.9. The van der Waals surface area contributed by atoms with Crippen molar-refractivity contribution in [1.29, 1.82) is 0 Å². The van der Waals surface area contributed by atoms with E-state index in [9.17, 15) is 9.59 Å². The van der Waals surface area contributed by atoms with Gasteiger partial charge in [-0.15, -0.1) is 12.4 Å². The number of rotatable bonds is 2. The number of urea groups is 1. The minimum absolute atomic E-state index is 0. The van der Waals surface area contributed by atoms with E-state index in [4.69, 9.17) is 5.73 Å². The topological polar surface area (TPSA) is 84.2 Å². The summed E-state index contributed by atoms with van der Waals surface area (Å²) in [7, 11) is 0. The van der Waals surface area contributed by atoms with Gasteiger partial charge in [0, 0.05) is 6.54 Å². The van der Waals surface area contributed by atoms with Crippen LogP contribution in [-0.2, 0) is 10.3 Å². The molecule has 16 heavy (non-hydrogen) atoms. The number of amides is 3. The third-order valence-corrected chi connectivity index (χ3v) is 2.51. The molecule has 6 heteroatoms. The molecule has 5 nitrogen and oxygen atoms in total. The Bertz CT molecular complexity index is 410. The predicted molar refractivity (Wildman–Crippen MR) is 61.1 cm³/mol. The van der Waals surface area contributed by atoms with Crippen molar-refractivity contribution in [2.24, 2.45) is 5.73 Å². The number of hydrogen-bond donors (Lipinski definition) is 3. The summed E-state index contributed by atoms with van der Waals surface area (Å²) in [5.41, 5.74) is 5.16. The molecule has 0 saturated carbocycles. The van der Waals surface area contributed by atoms with Gasteiger partial charge in [0.25, 0.3) is 5.91 Å². The van der Waals surface area contributed by atoms with Gasteiger partial charge in [-0.2, -0.15) is 0 Å². The molecule has 0 radical (unpaired) electrons. The van der Waals surface area contributed by atoms with Crippen molar-refractivity contribution in [3.63, 3.8) is 0 Å². The van der Waals surface area contributed by atoms with Gasteiger partial charge >= 0.3 is 6.03 Å². The second kappa shape index (κ2) is 4.51. The minimum atomic E-state index is -1.11. The van der Waals surface area contributed by atoms with Crippen molar-refractivity contribution in [3.8, 4) is 0 Å². The first-order valence-electron chi connectivity index (χ1n) is 4.58. The summed E-state index contributed by atoms with van der Waals surface area (Å²) in [5.74, 6) is -0.402. The Balaban J connectivity index is 0.00000128. The number of benzene rings is 1. The van der Waals surface area contributed by atoms with E-state index in [1.54, 1.807) is 24.3 Å². The number of carbonyl (C=O) groups excluding carboxylic acids is 2. The molecule has 1 fully saturated rings. The van der Waals surface area contributed by atoms with Crippen molar-refractivity contribution in [3.05, 3.63) is 35.9 Å². The zero-order valence-electron chi connectivity index (χ0n) is 8.40. The highest BCUT2D eigenvalue weighted by molar-refractivity contribution is 6.07. The highest BCUT2D eigenvalue weighted by atomic mass is 35.5. The second-order valence-corrected chi connectivity index (χ2v) is 3.38. The van der Waals surface area contributed by atoms with Gasteiger partial charge in [0.1, 0.15) is 0 Å². The third-order valence-electron chi connectivity index (χ3n) is 2.51. The van der Waals surface area contributed by atoms with Crippen molar-refractivity contribution in [2.75, 3.05) is 6.54 Å². The molecule has 0 aliphatic carbocycles. The molecule has 1 unspecified atom stereocenters. The standard InChI is InChI=1S/C10H11N3O2.ClH/c11-6-10(7-4-2-1-3-5-7)8(14)12-9(15)13-10;/h1-5H,6,11H2,(H2,12,13,14,15);1H. The molecule has 0 bridgehead atoms. The van der Waals surface area contributed by atoms with Gasteiger partial charge in [0.05, 0.1) is 0 Å². The van der Waals surface area contributed by atoms with Gasteiger partial charge in [-0.1, -0.05) is 30.3 Å². The minimum Gasteiger partial charge on any atom is -0.327 e. The average Bonchev–Trinajstić information content (AvgIpc) is 2.56. The van der Waals surface area contributed by atoms with E-state index in [0.29, 0.717) is 5.56 Å². The lowest BCUT2D eigenvalue weighted by atomic mass is 9.90. The van der Waals surface area contributed by atoms with E-state index in [1.807, 2.05) is 6.07 Å². The Labute approximate surface area is 98.8 Å². The Morgan fingerprint density at radius 1 is 1.19 bits per heavy atom. The number of nitrogens with two attached hydrogens (primary N) is 1. The largest absolute Gasteiger partial charge is 0.327 e. The molecule has 4 N–H and O–H groups in total. The number of imide groups is 1. The van der Waals surface area contributed by atoms with Gasteiger partial charge in [0.2, 0.25) is 0 Å². The number of halogens is 1. The van der Waals surface area contributed by atoms with Crippen molar-refractivity contribution < 1.29 is 9.59 Å². The molecule has 1 aromatic rings. The molecule has 86 valence electrons. The molecule has 1 saturated heterocycles. The van der Waals surface area contributed by atoms with Crippen LogP contribution in [0.25, 0.3) is 0 Å². The Hall–Kier alpha value is -1.59. The molecular weight excluding hydrogens is 230 g/mol. The van der Waals surface area contributed by atoms with Crippen LogP contribution in [0.4, 0.5) is 4.79 Å². The first kappa shape index (κ1) is 12.5. The third kappa shape index (κ3) is 1.75. The second-order valence-electron chi connectivity index (χ2n) is 3.38. The summed E-state index contributed by atoms with van der Waals surface area (Å²) in [6.45, 7) is 0.0363. The maximum absolute atomic E-state index is 11.7. The summed E-state index contributed by atoms with van der Waals surface area (Å²) in [6.07, 6.45) is 0. The summed E-state index contributed by atoms with van der Waals surface area (Å²) in [6, 6.07) is 8.45. The monoisotopic (exact) mass is 241 g/mol. The Kier molecular flexibility index (Phi) is 3.51. The van der Waals surface area contributed by atoms with Crippen LogP contribution in [0.2, 0.25) is 0 Å². The van der Waals surface area contributed by atoms with Crippen molar-refractivity contribution in [1.82, 2.24) is 10.6 Å². The van der Waals surface area contributed by atoms with Gasteiger partial charge in [-0.05, 0) is 5.56 Å². The van der Waals surface area contributed by atoms with Crippen LogP contribution in [0.15, 0.2) is 30.3 Å². The van der Waals surface area contributed by atoms with Gasteiger partial charge in [0.15, 0.2) is 5.54 Å². The lowest BCUT2D eigenvalue weighted by Gasteiger charge is -2.24. The maximum Gasteiger partial charge on any atom is 0.322 e. The van der Waals surface area contributed by atoms with Crippen LogP contribution in [0.3, 0.4) is 0 Å². The van der Waals surface area contributed by atoms with Crippen LogP contribution in [0.5, 0.6) is 0 Å². The molecule has 1 atom stereocenters. The number of carbonyl (C=O) groups is 2. The van der Waals surface area contributed by atoms with E-state index in [2.05, 4.69) is 10.6 Å². The first-order valence-corrected chi connectivity index (χ1v) is 4.58. The van der Waals surface area contributed by atoms with Crippen molar-refractivity contribution >= 4 is 24.3 Å². The van der Waals surface area contributed by atoms with Crippen LogP contribution in [0.1, 0.15) is 5.56 Å². The molecule has 2 rings (SSSR count). The summed E-state index contributed by atoms with van der Waals surface area (Å²) < 4.78 is 0. The first-order chi connectivity index (χ1) is 7.19. The highest BCUT2D eigenvalue weighted by Gasteiger charge is 2.46. The number of nitrogens with one attached hydrogen (secondary N) is 2. The molecule has 1 aliphatic heterocycles. The number of hydrogen-bond acceptors (Lipinski definition) is 3. The van der Waals surface area contributed by atoms with E-state index < -0.39 is 17.5 Å². The normalized spacial score (nSPS) is 23.3. The quantitative estimate of drug-likeness (QED) is 0.642. The molecular formula is C10H12ClN3O2. The van der Waals surface area contributed by atoms with Crippen LogP contribution in [-0.4, -0.2) is 18.5 Å². The molecule has 1 heterocycles. The summed E-state index contributed by atoms with van der Waals surface area (Å²) in [5, 5.41) is 4.75. The fourth-order valence-electron chi connectivity index (χ4n) is 1.68. The molecule has 3 amide bonds. The Morgan fingerprint density at radius 3 is 2.25 bits per heavy atom. The summed E-state index contributed by atoms with van der Waals surface area (Å²) in [4.78, 5) is 22.8. The molecule has 1 aliphatic rings. The molecule has 1 aromatic carbocycles. The predicted octanol–water partition coefficient (Wildman–Crippen LogP) is 0.102. The van der Waals surface area contributed by atoms with Crippen LogP contribution >= 0.6 is 12.4 Å². The fourth-order valence-corrected chi connectivity index (χ4v) is 1.68. The highest BCUT2D eigenvalue weighted by Crippen LogP contribution is 2.23. The Morgan fingerprint density at radius 2 is 1.81 bits per heavy atom. The molecule has 0 aromatic heterocycles. The van der Waals surface area contributed by atoms with Crippen LogP contribution < -0.4 is 16.4 Å². The lowest BCUT2D eigenvalue weighted by molar-refractivity contribution is -0.123. The maximum atomic E-state index is 11.7. The summed E-state index contributed by atoms with van der Waals surface area (Å²) >= 11 is 0. The van der Waals surface area contributed by atoms with E-state index in [1.165, 1.54) is 0 Å². The fraction of sp³-hybridized carbons (Fsp3) is 0.200. The lowest BCUT2D eigenvalue weighted by Crippen LogP contribution is -2.49. The SMILES string of the molecule is Cl.NCC1(c2ccccc2)NC(=O)NC1=O. The van der Waals surface area contributed by atoms with E-state index in [-0.39, 0.29) is 19.0 Å². The van der Waals surface area contributed by atoms with Gasteiger partial charge in [-0.3, -0.25) is 10.1 Å². The van der Waals surface area contributed by atoms with Crippen LogP contribution in [0, 0.1) is 0 Å². The smallest absolute Gasteiger partial charge is 0.322 e. The molecule has 0 spiro atoms. The van der Waals surface area contributed by atoms with Gasteiger partial charge in [-0.25, -0.2) is 4.79 Å². The van der Waals surface area contributed by atoms with Crippen molar-refractivity contribution in [2.45, 2.75) is 5.54 Å². The average molecular weight is 242 g/mol. The zero-order valence-corrected chi connectivity index (χ0v) is 9.21. The van der Waals surface area contributed by atoms with E-state index in [0.717, 1.165) is 0 Å².